The maximum Gasteiger partial charge on any atom is 0.407 e. The zero-order valence-corrected chi connectivity index (χ0v) is 17.6. The molecule has 0 heterocycles. The van der Waals surface area contributed by atoms with Crippen molar-refractivity contribution in [2.45, 2.75) is 51.4 Å². The molecule has 0 aliphatic heterocycles. The van der Waals surface area contributed by atoms with E-state index < -0.39 is 27.5 Å². The van der Waals surface area contributed by atoms with Gasteiger partial charge in [0, 0.05) is 6.61 Å². The second kappa shape index (κ2) is 11.5. The lowest BCUT2D eigenvalue weighted by molar-refractivity contribution is -0.151. The standard InChI is InChI=1S/C22H28F4O2Si/c1-2-3-4-5-12-17-27-29(19-13-8-6-9-14-19,20-15-10-7-11-16-20)28-18-22(25,26)21(23)24/h6-11,13-16,21H,2-5,12,17-18H2,1H3. The second-order valence-corrected chi connectivity index (χ2v) is 9.93. The summed E-state index contributed by atoms with van der Waals surface area (Å²) in [5, 5.41) is 1.23. The Morgan fingerprint density at radius 1 is 0.793 bits per heavy atom. The van der Waals surface area contributed by atoms with Crippen molar-refractivity contribution in [2.75, 3.05) is 13.2 Å². The predicted octanol–water partition coefficient (Wildman–Crippen LogP) is 5.15. The molecule has 0 amide bonds. The molecule has 2 rings (SSSR count). The monoisotopic (exact) mass is 428 g/mol. The van der Waals surface area contributed by atoms with Gasteiger partial charge in [-0.1, -0.05) is 93.3 Å². The van der Waals surface area contributed by atoms with Crippen molar-refractivity contribution < 1.29 is 26.4 Å². The Hall–Kier alpha value is -1.70. The van der Waals surface area contributed by atoms with Gasteiger partial charge >= 0.3 is 20.9 Å². The summed E-state index contributed by atoms with van der Waals surface area (Å²) in [6.45, 7) is 1.05. The fraction of sp³-hybridized carbons (Fsp3) is 0.455. The molecule has 0 saturated heterocycles. The van der Waals surface area contributed by atoms with Crippen LogP contribution in [0.2, 0.25) is 0 Å². The molecule has 29 heavy (non-hydrogen) atoms. The highest BCUT2D eigenvalue weighted by atomic mass is 28.4. The third-order valence-electron chi connectivity index (χ3n) is 4.65. The highest BCUT2D eigenvalue weighted by Gasteiger charge is 2.48. The minimum absolute atomic E-state index is 0.319. The van der Waals surface area contributed by atoms with Crippen molar-refractivity contribution in [1.29, 1.82) is 0 Å². The Morgan fingerprint density at radius 3 is 1.79 bits per heavy atom. The van der Waals surface area contributed by atoms with Gasteiger partial charge in [0.15, 0.2) is 0 Å². The number of alkyl halides is 4. The Balaban J connectivity index is 2.32. The first-order valence-electron chi connectivity index (χ1n) is 9.97. The summed E-state index contributed by atoms with van der Waals surface area (Å²) in [7, 11) is -3.59. The highest BCUT2D eigenvalue weighted by molar-refractivity contribution is 6.92. The van der Waals surface area contributed by atoms with Gasteiger partial charge < -0.3 is 8.85 Å². The van der Waals surface area contributed by atoms with Crippen molar-refractivity contribution in [3.8, 4) is 0 Å². The van der Waals surface area contributed by atoms with Crippen LogP contribution in [0.25, 0.3) is 0 Å². The van der Waals surface area contributed by atoms with Gasteiger partial charge in [-0.3, -0.25) is 0 Å². The van der Waals surface area contributed by atoms with Crippen LogP contribution in [0.4, 0.5) is 17.6 Å². The molecule has 0 aliphatic carbocycles. The van der Waals surface area contributed by atoms with Crippen molar-refractivity contribution in [3.63, 3.8) is 0 Å². The minimum atomic E-state index is -4.24. The normalized spacial score (nSPS) is 12.5. The first kappa shape index (κ1) is 23.6. The van der Waals surface area contributed by atoms with Gasteiger partial charge in [-0.15, -0.1) is 0 Å². The summed E-state index contributed by atoms with van der Waals surface area (Å²) in [4.78, 5) is 0. The summed E-state index contributed by atoms with van der Waals surface area (Å²) in [6, 6.07) is 17.6. The molecule has 2 nitrogen and oxygen atoms in total. The van der Waals surface area contributed by atoms with Crippen LogP contribution in [0.5, 0.6) is 0 Å². The number of hydrogen-bond donors (Lipinski definition) is 0. The van der Waals surface area contributed by atoms with Gasteiger partial charge in [0.2, 0.25) is 0 Å². The molecule has 0 radical (unpaired) electrons. The van der Waals surface area contributed by atoms with E-state index in [0.717, 1.165) is 32.1 Å². The van der Waals surface area contributed by atoms with Crippen LogP contribution in [-0.2, 0) is 8.85 Å². The average molecular weight is 429 g/mol. The van der Waals surface area contributed by atoms with Gasteiger partial charge in [-0.25, -0.2) is 8.78 Å². The van der Waals surface area contributed by atoms with Crippen LogP contribution in [0.15, 0.2) is 60.7 Å². The van der Waals surface area contributed by atoms with Gasteiger partial charge in [-0.2, -0.15) is 8.78 Å². The lowest BCUT2D eigenvalue weighted by Crippen LogP contribution is -2.64. The van der Waals surface area contributed by atoms with E-state index in [9.17, 15) is 17.6 Å². The maximum atomic E-state index is 13.7. The van der Waals surface area contributed by atoms with E-state index in [1.807, 2.05) is 0 Å². The Bertz CT molecular complexity index is 659. The quantitative estimate of drug-likeness (QED) is 0.250. The molecule has 0 aromatic heterocycles. The number of halogens is 4. The zero-order valence-electron chi connectivity index (χ0n) is 16.6. The van der Waals surface area contributed by atoms with E-state index >= 15 is 0 Å². The van der Waals surface area contributed by atoms with Gasteiger partial charge in [0.1, 0.15) is 6.61 Å². The van der Waals surface area contributed by atoms with Crippen LogP contribution in [0, 0.1) is 0 Å². The van der Waals surface area contributed by atoms with Crippen molar-refractivity contribution in [3.05, 3.63) is 60.7 Å². The average Bonchev–Trinajstić information content (AvgIpc) is 2.74. The van der Waals surface area contributed by atoms with E-state index in [4.69, 9.17) is 8.85 Å². The molecule has 0 unspecified atom stereocenters. The van der Waals surface area contributed by atoms with E-state index in [1.165, 1.54) is 0 Å². The number of unbranched alkanes of at least 4 members (excludes halogenated alkanes) is 4. The molecule has 7 heteroatoms. The third-order valence-corrected chi connectivity index (χ3v) is 8.00. The maximum absolute atomic E-state index is 13.7. The predicted molar refractivity (Wildman–Crippen MR) is 110 cm³/mol. The van der Waals surface area contributed by atoms with Gasteiger partial charge in [0.25, 0.3) is 0 Å². The molecule has 2 aromatic rings. The summed E-state index contributed by atoms with van der Waals surface area (Å²) in [6.07, 6.45) is 1.21. The fourth-order valence-corrected chi connectivity index (χ4v) is 6.21. The topological polar surface area (TPSA) is 18.5 Å². The van der Waals surface area contributed by atoms with Gasteiger partial charge in [0.05, 0.1) is 0 Å². The molecular weight excluding hydrogens is 400 g/mol. The molecule has 0 aliphatic rings. The van der Waals surface area contributed by atoms with E-state index in [1.54, 1.807) is 60.7 Å². The lowest BCUT2D eigenvalue weighted by Gasteiger charge is -2.33. The van der Waals surface area contributed by atoms with Crippen molar-refractivity contribution in [1.82, 2.24) is 0 Å². The molecule has 0 fully saturated rings. The second-order valence-electron chi connectivity index (χ2n) is 6.96. The summed E-state index contributed by atoms with van der Waals surface area (Å²) in [5.74, 6) is -4.24. The van der Waals surface area contributed by atoms with Crippen LogP contribution < -0.4 is 10.4 Å². The summed E-state index contributed by atoms with van der Waals surface area (Å²) in [5.41, 5.74) is 0. The SMILES string of the molecule is CCCCCCCO[Si](OCC(F)(F)C(F)F)(c1ccccc1)c1ccccc1. The molecule has 2 aromatic carbocycles. The summed E-state index contributed by atoms with van der Waals surface area (Å²) >= 11 is 0. The Labute approximate surface area is 171 Å². The van der Waals surface area contributed by atoms with E-state index in [-0.39, 0.29) is 0 Å². The van der Waals surface area contributed by atoms with Crippen LogP contribution in [0.1, 0.15) is 39.0 Å². The van der Waals surface area contributed by atoms with Crippen molar-refractivity contribution >= 4 is 18.9 Å². The first-order valence-corrected chi connectivity index (χ1v) is 11.8. The first-order chi connectivity index (χ1) is 13.9. The molecule has 160 valence electrons. The van der Waals surface area contributed by atoms with Gasteiger partial charge in [-0.05, 0) is 16.8 Å². The number of benzene rings is 2. The molecule has 0 atom stereocenters. The third kappa shape index (κ3) is 6.66. The summed E-state index contributed by atoms with van der Waals surface area (Å²) < 4.78 is 64.8. The Morgan fingerprint density at radius 2 is 1.31 bits per heavy atom. The van der Waals surface area contributed by atoms with Crippen molar-refractivity contribution in [2.24, 2.45) is 0 Å². The molecule has 0 bridgehead atoms. The van der Waals surface area contributed by atoms with Crippen LogP contribution in [0.3, 0.4) is 0 Å². The zero-order chi connectivity index (χ0) is 21.2. The number of rotatable bonds is 13. The minimum Gasteiger partial charge on any atom is -0.388 e. The van der Waals surface area contributed by atoms with E-state index in [2.05, 4.69) is 6.92 Å². The smallest absolute Gasteiger partial charge is 0.388 e. The number of hydrogen-bond acceptors (Lipinski definition) is 2. The lowest BCUT2D eigenvalue weighted by atomic mass is 10.2. The molecule has 0 spiro atoms. The molecule has 0 saturated carbocycles. The van der Waals surface area contributed by atoms with Crippen LogP contribution in [-0.4, -0.2) is 34.1 Å². The molecular formula is C22H28F4O2Si. The fourth-order valence-electron chi connectivity index (χ4n) is 3.04. The van der Waals surface area contributed by atoms with Crippen LogP contribution >= 0.6 is 0 Å². The Kier molecular flexibility index (Phi) is 9.33. The van der Waals surface area contributed by atoms with E-state index in [0.29, 0.717) is 17.0 Å². The largest absolute Gasteiger partial charge is 0.407 e. The highest BCUT2D eigenvalue weighted by Crippen LogP contribution is 2.25. The molecule has 0 N–H and O–H groups in total.